The number of methoxy groups -OCH3 is 2. The van der Waals surface area contributed by atoms with Gasteiger partial charge in [-0.1, -0.05) is 12.1 Å². The summed E-state index contributed by atoms with van der Waals surface area (Å²) in [5, 5.41) is 13.4. The second-order valence-electron chi connectivity index (χ2n) is 6.37. The summed E-state index contributed by atoms with van der Waals surface area (Å²) in [4.78, 5) is 14.1. The Morgan fingerprint density at radius 1 is 1.19 bits per heavy atom. The number of halogens is 1. The molecular formula is C20H23FN2O4. The first-order valence-electron chi connectivity index (χ1n) is 8.72. The lowest BCUT2D eigenvalue weighted by atomic mass is 9.95. The van der Waals surface area contributed by atoms with Crippen molar-refractivity contribution in [3.63, 3.8) is 0 Å². The van der Waals surface area contributed by atoms with Crippen LogP contribution in [0.4, 0.5) is 9.18 Å². The van der Waals surface area contributed by atoms with Gasteiger partial charge in [-0.15, -0.1) is 0 Å². The van der Waals surface area contributed by atoms with Gasteiger partial charge in [0.15, 0.2) is 0 Å². The number of urea groups is 1. The molecule has 6 nitrogen and oxygen atoms in total. The zero-order chi connectivity index (χ0) is 19.4. The number of aliphatic hydroxyl groups is 1. The molecule has 7 heteroatoms. The SMILES string of the molecule is COc1ccc(OC)c2c1CN(C(=O)NCCc1ccc(F)cc1)C[C@@H]2O. The molecule has 0 unspecified atom stereocenters. The van der Waals surface area contributed by atoms with Crippen molar-refractivity contribution in [1.82, 2.24) is 10.2 Å². The van der Waals surface area contributed by atoms with E-state index in [4.69, 9.17) is 9.47 Å². The number of fused-ring (bicyclic) bond motifs is 1. The summed E-state index contributed by atoms with van der Waals surface area (Å²) in [7, 11) is 3.10. The summed E-state index contributed by atoms with van der Waals surface area (Å²) in [6.07, 6.45) is -0.266. The Balaban J connectivity index is 1.66. The minimum Gasteiger partial charge on any atom is -0.496 e. The van der Waals surface area contributed by atoms with Crippen molar-refractivity contribution >= 4 is 6.03 Å². The average Bonchev–Trinajstić information content (AvgIpc) is 2.68. The minimum absolute atomic E-state index is 0.166. The van der Waals surface area contributed by atoms with Gasteiger partial charge in [0.1, 0.15) is 23.4 Å². The highest BCUT2D eigenvalue weighted by atomic mass is 19.1. The number of aliphatic hydroxyl groups excluding tert-OH is 1. The topological polar surface area (TPSA) is 71.0 Å². The molecule has 2 aromatic carbocycles. The Morgan fingerprint density at radius 3 is 2.52 bits per heavy atom. The first kappa shape index (κ1) is 19.0. The molecule has 0 aromatic heterocycles. The molecule has 27 heavy (non-hydrogen) atoms. The Bertz CT molecular complexity index is 810. The summed E-state index contributed by atoms with van der Waals surface area (Å²) < 4.78 is 23.7. The predicted molar refractivity (Wildman–Crippen MR) is 98.4 cm³/mol. The van der Waals surface area contributed by atoms with E-state index in [1.807, 2.05) is 0 Å². The van der Waals surface area contributed by atoms with Gasteiger partial charge in [-0.05, 0) is 36.2 Å². The number of hydrogen-bond donors (Lipinski definition) is 2. The Hall–Kier alpha value is -2.80. The number of carbonyl (C=O) groups is 1. The van der Waals surface area contributed by atoms with Crippen LogP contribution in [-0.2, 0) is 13.0 Å². The standard InChI is InChI=1S/C20H23FN2O4/c1-26-17-7-8-18(27-2)19-15(17)11-23(12-16(19)24)20(25)22-10-9-13-3-5-14(21)6-4-13/h3-8,16,24H,9-12H2,1-2H3,(H,22,25)/t16-/m0/s1. The van der Waals surface area contributed by atoms with Crippen molar-refractivity contribution in [2.75, 3.05) is 27.3 Å². The summed E-state index contributed by atoms with van der Waals surface area (Å²) in [6, 6.07) is 9.43. The Kier molecular flexibility index (Phi) is 5.81. The number of hydrogen-bond acceptors (Lipinski definition) is 4. The normalized spacial score (nSPS) is 15.9. The van der Waals surface area contributed by atoms with E-state index in [-0.39, 0.29) is 18.4 Å². The molecule has 0 aliphatic carbocycles. The molecule has 1 aliphatic heterocycles. The van der Waals surface area contributed by atoms with E-state index in [1.165, 1.54) is 12.1 Å². The van der Waals surface area contributed by atoms with Crippen LogP contribution in [-0.4, -0.2) is 43.3 Å². The van der Waals surface area contributed by atoms with E-state index < -0.39 is 6.10 Å². The Labute approximate surface area is 157 Å². The molecule has 0 radical (unpaired) electrons. The van der Waals surface area contributed by atoms with Crippen molar-refractivity contribution < 1.29 is 23.8 Å². The van der Waals surface area contributed by atoms with Crippen LogP contribution in [0.2, 0.25) is 0 Å². The van der Waals surface area contributed by atoms with Crippen LogP contribution >= 0.6 is 0 Å². The number of ether oxygens (including phenoxy) is 2. The smallest absolute Gasteiger partial charge is 0.317 e. The maximum Gasteiger partial charge on any atom is 0.317 e. The van der Waals surface area contributed by atoms with Crippen molar-refractivity contribution in [2.45, 2.75) is 19.1 Å². The van der Waals surface area contributed by atoms with Crippen LogP contribution in [0.15, 0.2) is 36.4 Å². The highest BCUT2D eigenvalue weighted by molar-refractivity contribution is 5.75. The van der Waals surface area contributed by atoms with E-state index >= 15 is 0 Å². The molecule has 1 heterocycles. The van der Waals surface area contributed by atoms with Crippen LogP contribution in [0.3, 0.4) is 0 Å². The molecule has 2 amide bonds. The van der Waals surface area contributed by atoms with Crippen molar-refractivity contribution in [2.24, 2.45) is 0 Å². The van der Waals surface area contributed by atoms with Gasteiger partial charge < -0.3 is 24.8 Å². The van der Waals surface area contributed by atoms with Crippen molar-refractivity contribution in [1.29, 1.82) is 0 Å². The average molecular weight is 374 g/mol. The van der Waals surface area contributed by atoms with Crippen LogP contribution < -0.4 is 14.8 Å². The lowest BCUT2D eigenvalue weighted by Crippen LogP contribution is -2.44. The third-order valence-corrected chi connectivity index (χ3v) is 4.68. The zero-order valence-electron chi connectivity index (χ0n) is 15.4. The summed E-state index contributed by atoms with van der Waals surface area (Å²) in [6.45, 7) is 0.896. The molecular weight excluding hydrogens is 351 g/mol. The van der Waals surface area contributed by atoms with E-state index in [0.717, 1.165) is 11.1 Å². The molecule has 0 bridgehead atoms. The zero-order valence-corrected chi connectivity index (χ0v) is 15.4. The van der Waals surface area contributed by atoms with E-state index in [9.17, 15) is 14.3 Å². The number of nitrogens with one attached hydrogen (secondary N) is 1. The number of rotatable bonds is 5. The number of benzene rings is 2. The van der Waals surface area contributed by atoms with Gasteiger partial charge in [-0.2, -0.15) is 0 Å². The van der Waals surface area contributed by atoms with Crippen LogP contribution in [0.5, 0.6) is 11.5 Å². The molecule has 2 N–H and O–H groups in total. The van der Waals surface area contributed by atoms with Gasteiger partial charge >= 0.3 is 6.03 Å². The minimum atomic E-state index is -0.860. The Morgan fingerprint density at radius 2 is 1.85 bits per heavy atom. The molecule has 1 aliphatic rings. The maximum atomic E-state index is 12.9. The molecule has 0 saturated carbocycles. The van der Waals surface area contributed by atoms with Gasteiger partial charge in [0.2, 0.25) is 0 Å². The third kappa shape index (κ3) is 4.14. The van der Waals surface area contributed by atoms with Crippen LogP contribution in [0.1, 0.15) is 22.8 Å². The molecule has 0 spiro atoms. The number of β-amino-alcohol motifs (C(OH)–C–C–N with tert-alkyl or cyclic N) is 1. The fourth-order valence-electron chi connectivity index (χ4n) is 3.31. The summed E-state index contributed by atoms with van der Waals surface area (Å²) in [5.74, 6) is 0.900. The number of nitrogens with zero attached hydrogens (tertiary/aromatic N) is 1. The fraction of sp³-hybridized carbons (Fsp3) is 0.350. The van der Waals surface area contributed by atoms with E-state index in [1.54, 1.807) is 43.4 Å². The van der Waals surface area contributed by atoms with Gasteiger partial charge in [-0.3, -0.25) is 0 Å². The largest absolute Gasteiger partial charge is 0.496 e. The highest BCUT2D eigenvalue weighted by Gasteiger charge is 2.31. The van der Waals surface area contributed by atoms with E-state index in [2.05, 4.69) is 5.32 Å². The highest BCUT2D eigenvalue weighted by Crippen LogP contribution is 2.39. The maximum absolute atomic E-state index is 12.9. The van der Waals surface area contributed by atoms with Gasteiger partial charge in [0.25, 0.3) is 0 Å². The number of carbonyl (C=O) groups excluding carboxylic acids is 1. The lowest BCUT2D eigenvalue weighted by Gasteiger charge is -2.34. The molecule has 0 fully saturated rings. The quantitative estimate of drug-likeness (QED) is 0.844. The molecule has 2 aromatic rings. The van der Waals surface area contributed by atoms with Gasteiger partial charge in [0, 0.05) is 17.7 Å². The second kappa shape index (κ2) is 8.26. The molecule has 0 saturated heterocycles. The first-order valence-corrected chi connectivity index (χ1v) is 8.72. The lowest BCUT2D eigenvalue weighted by molar-refractivity contribution is 0.101. The predicted octanol–water partition coefficient (Wildman–Crippen LogP) is 2.64. The third-order valence-electron chi connectivity index (χ3n) is 4.68. The van der Waals surface area contributed by atoms with E-state index in [0.29, 0.717) is 36.6 Å². The van der Waals surface area contributed by atoms with Crippen molar-refractivity contribution in [3.8, 4) is 11.5 Å². The molecule has 3 rings (SSSR count). The van der Waals surface area contributed by atoms with Gasteiger partial charge in [-0.25, -0.2) is 9.18 Å². The monoisotopic (exact) mass is 374 g/mol. The second-order valence-corrected chi connectivity index (χ2v) is 6.37. The fourth-order valence-corrected chi connectivity index (χ4v) is 3.31. The van der Waals surface area contributed by atoms with Crippen LogP contribution in [0.25, 0.3) is 0 Å². The number of amides is 2. The van der Waals surface area contributed by atoms with Crippen LogP contribution in [0, 0.1) is 5.82 Å². The van der Waals surface area contributed by atoms with Gasteiger partial charge in [0.05, 0.1) is 27.3 Å². The molecule has 144 valence electrons. The summed E-state index contributed by atoms with van der Waals surface area (Å²) >= 11 is 0. The first-order chi connectivity index (χ1) is 13.0. The van der Waals surface area contributed by atoms with Crippen molar-refractivity contribution in [3.05, 3.63) is 58.9 Å². The molecule has 1 atom stereocenters. The summed E-state index contributed by atoms with van der Waals surface area (Å²) in [5.41, 5.74) is 2.34.